The summed E-state index contributed by atoms with van der Waals surface area (Å²) in [5, 5.41) is 3.26. The Morgan fingerprint density at radius 2 is 2.00 bits per heavy atom. The van der Waals surface area contributed by atoms with Crippen molar-refractivity contribution in [3.8, 4) is 0 Å². The van der Waals surface area contributed by atoms with Crippen LogP contribution in [0, 0.1) is 0 Å². The van der Waals surface area contributed by atoms with Crippen molar-refractivity contribution < 1.29 is 4.42 Å². The van der Waals surface area contributed by atoms with Gasteiger partial charge >= 0.3 is 0 Å². The van der Waals surface area contributed by atoms with Crippen LogP contribution in [0.5, 0.6) is 0 Å². The predicted molar refractivity (Wildman–Crippen MR) is 73.3 cm³/mol. The first-order valence-corrected chi connectivity index (χ1v) is 6.22. The zero-order chi connectivity index (χ0) is 12.8. The third kappa shape index (κ3) is 3.22. The number of likely N-dealkylation sites (N-methyl/N-ethyl adjacent to an activating group) is 2. The van der Waals surface area contributed by atoms with Gasteiger partial charge in [-0.25, -0.2) is 0 Å². The minimum absolute atomic E-state index is 0.367. The molecule has 0 bridgehead atoms. The fourth-order valence-electron chi connectivity index (χ4n) is 2.18. The van der Waals surface area contributed by atoms with Gasteiger partial charge in [-0.3, -0.25) is 4.90 Å². The molecule has 0 fully saturated rings. The summed E-state index contributed by atoms with van der Waals surface area (Å²) in [6.45, 7) is 1.82. The smallest absolute Gasteiger partial charge is 0.0947 e. The maximum atomic E-state index is 5.12. The fourth-order valence-corrected chi connectivity index (χ4v) is 2.18. The van der Waals surface area contributed by atoms with Gasteiger partial charge in [-0.1, -0.05) is 30.3 Å². The number of nitrogens with zero attached hydrogens (tertiary/aromatic N) is 1. The van der Waals surface area contributed by atoms with E-state index in [0.717, 1.165) is 13.1 Å². The summed E-state index contributed by atoms with van der Waals surface area (Å²) >= 11 is 0. The van der Waals surface area contributed by atoms with Gasteiger partial charge in [0.2, 0.25) is 0 Å². The van der Waals surface area contributed by atoms with E-state index in [1.165, 1.54) is 11.1 Å². The van der Waals surface area contributed by atoms with Crippen molar-refractivity contribution >= 4 is 0 Å². The van der Waals surface area contributed by atoms with E-state index in [0.29, 0.717) is 6.04 Å². The highest BCUT2D eigenvalue weighted by atomic mass is 16.3. The van der Waals surface area contributed by atoms with Crippen LogP contribution in [0.25, 0.3) is 0 Å². The number of hydrogen-bond acceptors (Lipinski definition) is 3. The van der Waals surface area contributed by atoms with E-state index in [2.05, 4.69) is 47.6 Å². The molecule has 1 atom stereocenters. The van der Waals surface area contributed by atoms with Gasteiger partial charge in [0.1, 0.15) is 0 Å². The Morgan fingerprint density at radius 3 is 2.61 bits per heavy atom. The lowest BCUT2D eigenvalue weighted by Gasteiger charge is -2.28. The molecule has 0 saturated heterocycles. The molecule has 1 aromatic heterocycles. The Kier molecular flexibility index (Phi) is 4.56. The van der Waals surface area contributed by atoms with Crippen LogP contribution in [0.3, 0.4) is 0 Å². The Labute approximate surface area is 108 Å². The number of rotatable bonds is 6. The monoisotopic (exact) mass is 244 g/mol. The lowest BCUT2D eigenvalue weighted by molar-refractivity contribution is 0.232. The van der Waals surface area contributed by atoms with Crippen molar-refractivity contribution in [1.29, 1.82) is 0 Å². The van der Waals surface area contributed by atoms with E-state index in [4.69, 9.17) is 4.42 Å². The topological polar surface area (TPSA) is 28.4 Å². The van der Waals surface area contributed by atoms with Crippen LogP contribution in [0.15, 0.2) is 53.3 Å². The van der Waals surface area contributed by atoms with Crippen LogP contribution in [-0.2, 0) is 6.54 Å². The molecule has 96 valence electrons. The van der Waals surface area contributed by atoms with E-state index in [1.54, 1.807) is 12.5 Å². The average molecular weight is 244 g/mol. The third-order valence-corrected chi connectivity index (χ3v) is 3.13. The van der Waals surface area contributed by atoms with Crippen molar-refractivity contribution in [3.05, 3.63) is 60.1 Å². The van der Waals surface area contributed by atoms with Gasteiger partial charge in [0, 0.05) is 24.7 Å². The summed E-state index contributed by atoms with van der Waals surface area (Å²) in [5.74, 6) is 0. The highest BCUT2D eigenvalue weighted by Gasteiger charge is 2.16. The van der Waals surface area contributed by atoms with Gasteiger partial charge in [-0.2, -0.15) is 0 Å². The first-order valence-electron chi connectivity index (χ1n) is 6.22. The highest BCUT2D eigenvalue weighted by molar-refractivity contribution is 5.20. The molecular formula is C15H20N2O. The molecule has 2 rings (SSSR count). The van der Waals surface area contributed by atoms with Crippen LogP contribution in [0.1, 0.15) is 17.2 Å². The largest absolute Gasteiger partial charge is 0.472 e. The number of benzene rings is 1. The van der Waals surface area contributed by atoms with Gasteiger partial charge in [0.15, 0.2) is 0 Å². The molecule has 0 radical (unpaired) electrons. The molecule has 1 unspecified atom stereocenters. The highest BCUT2D eigenvalue weighted by Crippen LogP contribution is 2.20. The Morgan fingerprint density at radius 1 is 1.22 bits per heavy atom. The van der Waals surface area contributed by atoms with Gasteiger partial charge < -0.3 is 9.73 Å². The lowest BCUT2D eigenvalue weighted by atomic mass is 10.1. The van der Waals surface area contributed by atoms with Crippen molar-refractivity contribution in [2.24, 2.45) is 0 Å². The van der Waals surface area contributed by atoms with Crippen LogP contribution < -0.4 is 5.32 Å². The van der Waals surface area contributed by atoms with E-state index in [1.807, 2.05) is 13.1 Å². The van der Waals surface area contributed by atoms with Crippen molar-refractivity contribution in [2.75, 3.05) is 20.6 Å². The van der Waals surface area contributed by atoms with Crippen LogP contribution in [-0.4, -0.2) is 25.5 Å². The molecule has 1 aromatic carbocycles. The first kappa shape index (κ1) is 12.9. The molecule has 1 heterocycles. The molecule has 0 amide bonds. The molecule has 3 nitrogen and oxygen atoms in total. The minimum Gasteiger partial charge on any atom is -0.472 e. The molecular weight excluding hydrogens is 224 g/mol. The average Bonchev–Trinajstić information content (AvgIpc) is 2.89. The molecule has 0 aliphatic heterocycles. The van der Waals surface area contributed by atoms with E-state index < -0.39 is 0 Å². The van der Waals surface area contributed by atoms with E-state index in [-0.39, 0.29) is 0 Å². The SMILES string of the molecule is CNCC(c1ccccc1)N(C)Cc1ccoc1. The predicted octanol–water partition coefficient (Wildman–Crippen LogP) is 2.67. The molecule has 0 aliphatic rings. The normalized spacial score (nSPS) is 12.8. The number of nitrogens with one attached hydrogen (secondary N) is 1. The standard InChI is InChI=1S/C15H20N2O/c1-16-10-15(14-6-4-3-5-7-14)17(2)11-13-8-9-18-12-13/h3-9,12,15-16H,10-11H2,1-2H3. The molecule has 1 N–H and O–H groups in total. The zero-order valence-corrected chi connectivity index (χ0v) is 11.0. The summed E-state index contributed by atoms with van der Waals surface area (Å²) < 4.78 is 5.12. The summed E-state index contributed by atoms with van der Waals surface area (Å²) in [7, 11) is 4.13. The maximum Gasteiger partial charge on any atom is 0.0947 e. The summed E-state index contributed by atoms with van der Waals surface area (Å²) in [6.07, 6.45) is 3.52. The zero-order valence-electron chi connectivity index (χ0n) is 11.0. The Hall–Kier alpha value is -1.58. The lowest BCUT2D eigenvalue weighted by Crippen LogP contribution is -2.31. The second kappa shape index (κ2) is 6.38. The van der Waals surface area contributed by atoms with E-state index >= 15 is 0 Å². The van der Waals surface area contributed by atoms with E-state index in [9.17, 15) is 0 Å². The quantitative estimate of drug-likeness (QED) is 0.847. The molecule has 0 aliphatic carbocycles. The van der Waals surface area contributed by atoms with Crippen molar-refractivity contribution in [1.82, 2.24) is 10.2 Å². The molecule has 2 aromatic rings. The van der Waals surface area contributed by atoms with Gasteiger partial charge in [0.25, 0.3) is 0 Å². The van der Waals surface area contributed by atoms with Crippen molar-refractivity contribution in [2.45, 2.75) is 12.6 Å². The Balaban J connectivity index is 2.09. The molecule has 3 heteroatoms. The number of furan rings is 1. The Bertz CT molecular complexity index is 439. The maximum absolute atomic E-state index is 5.12. The summed E-state index contributed by atoms with van der Waals surface area (Å²) in [5.41, 5.74) is 2.53. The summed E-state index contributed by atoms with van der Waals surface area (Å²) in [6, 6.07) is 13.0. The first-order chi connectivity index (χ1) is 8.81. The summed E-state index contributed by atoms with van der Waals surface area (Å²) in [4.78, 5) is 2.33. The molecule has 0 spiro atoms. The van der Waals surface area contributed by atoms with Crippen LogP contribution in [0.4, 0.5) is 0 Å². The minimum atomic E-state index is 0.367. The van der Waals surface area contributed by atoms with Crippen LogP contribution >= 0.6 is 0 Å². The van der Waals surface area contributed by atoms with Crippen molar-refractivity contribution in [3.63, 3.8) is 0 Å². The molecule has 18 heavy (non-hydrogen) atoms. The second-order valence-electron chi connectivity index (χ2n) is 4.53. The second-order valence-corrected chi connectivity index (χ2v) is 4.53. The fraction of sp³-hybridized carbons (Fsp3) is 0.333. The van der Waals surface area contributed by atoms with Gasteiger partial charge in [0.05, 0.1) is 12.5 Å². The third-order valence-electron chi connectivity index (χ3n) is 3.13. The number of hydrogen-bond donors (Lipinski definition) is 1. The van der Waals surface area contributed by atoms with Gasteiger partial charge in [-0.05, 0) is 25.7 Å². The molecule has 0 saturated carbocycles. The van der Waals surface area contributed by atoms with Gasteiger partial charge in [-0.15, -0.1) is 0 Å². The van der Waals surface area contributed by atoms with Crippen LogP contribution in [0.2, 0.25) is 0 Å².